The van der Waals surface area contributed by atoms with Crippen molar-refractivity contribution in [3.8, 4) is 16.5 Å². The number of rotatable bonds is 2. The van der Waals surface area contributed by atoms with E-state index in [0.717, 1.165) is 17.4 Å². The molecule has 0 saturated carbocycles. The topological polar surface area (TPSA) is 39.6 Å². The SMILES string of the molecule is CCc1ccc(-c2cc(C(F)(F)F)[nH]c(=S)c2C#N)s1. The molecular formula is C13H9F3N2S2. The van der Waals surface area contributed by atoms with Crippen molar-refractivity contribution >= 4 is 23.6 Å². The molecule has 0 fully saturated rings. The molecule has 0 bridgehead atoms. The minimum absolute atomic E-state index is 0.0671. The van der Waals surface area contributed by atoms with Crippen LogP contribution in [0.1, 0.15) is 23.1 Å². The van der Waals surface area contributed by atoms with Crippen molar-refractivity contribution < 1.29 is 13.2 Å². The number of H-pyrrole nitrogens is 1. The summed E-state index contributed by atoms with van der Waals surface area (Å²) in [4.78, 5) is 3.72. The number of aromatic amines is 1. The quantitative estimate of drug-likeness (QED) is 0.799. The van der Waals surface area contributed by atoms with Crippen molar-refractivity contribution in [3.05, 3.63) is 39.0 Å². The van der Waals surface area contributed by atoms with E-state index in [9.17, 15) is 13.2 Å². The van der Waals surface area contributed by atoms with Crippen LogP contribution in [0, 0.1) is 16.0 Å². The monoisotopic (exact) mass is 314 g/mol. The van der Waals surface area contributed by atoms with Crippen molar-refractivity contribution in [2.75, 3.05) is 0 Å². The molecule has 2 aromatic heterocycles. The van der Waals surface area contributed by atoms with Crippen LogP contribution in [-0.2, 0) is 12.6 Å². The van der Waals surface area contributed by atoms with Gasteiger partial charge in [0.2, 0.25) is 0 Å². The van der Waals surface area contributed by atoms with E-state index < -0.39 is 11.9 Å². The minimum atomic E-state index is -4.53. The van der Waals surface area contributed by atoms with Gasteiger partial charge in [-0.2, -0.15) is 18.4 Å². The van der Waals surface area contributed by atoms with Crippen molar-refractivity contribution in [1.29, 1.82) is 5.26 Å². The summed E-state index contributed by atoms with van der Waals surface area (Å²) in [6.07, 6.45) is -3.74. The molecule has 2 aromatic rings. The third-order valence-electron chi connectivity index (χ3n) is 2.73. The lowest BCUT2D eigenvalue weighted by Crippen LogP contribution is -2.09. The average molecular weight is 314 g/mol. The predicted molar refractivity (Wildman–Crippen MR) is 74.0 cm³/mol. The highest BCUT2D eigenvalue weighted by Gasteiger charge is 2.33. The van der Waals surface area contributed by atoms with E-state index in [2.05, 4.69) is 4.98 Å². The van der Waals surface area contributed by atoms with Gasteiger partial charge in [0, 0.05) is 15.3 Å². The highest BCUT2D eigenvalue weighted by Crippen LogP contribution is 2.35. The molecule has 0 unspecified atom stereocenters. The first-order valence-electron chi connectivity index (χ1n) is 5.70. The van der Waals surface area contributed by atoms with E-state index in [0.29, 0.717) is 4.88 Å². The van der Waals surface area contributed by atoms with E-state index in [1.807, 2.05) is 19.1 Å². The highest BCUT2D eigenvalue weighted by atomic mass is 32.1. The number of aryl methyl sites for hydroxylation is 1. The predicted octanol–water partition coefficient (Wildman–Crippen LogP) is 4.93. The second kappa shape index (κ2) is 5.38. The molecule has 2 nitrogen and oxygen atoms in total. The number of nitriles is 1. The fourth-order valence-electron chi connectivity index (χ4n) is 1.73. The smallest absolute Gasteiger partial charge is 0.341 e. The lowest BCUT2D eigenvalue weighted by atomic mass is 10.1. The van der Waals surface area contributed by atoms with Crippen LogP contribution in [0.3, 0.4) is 0 Å². The van der Waals surface area contributed by atoms with Gasteiger partial charge in [0.25, 0.3) is 0 Å². The summed E-state index contributed by atoms with van der Waals surface area (Å²) in [7, 11) is 0. The number of pyridine rings is 1. The molecule has 0 aliphatic carbocycles. The maximum atomic E-state index is 12.8. The van der Waals surface area contributed by atoms with Crippen LogP contribution in [0.5, 0.6) is 0 Å². The van der Waals surface area contributed by atoms with Gasteiger partial charge in [-0.3, -0.25) is 0 Å². The van der Waals surface area contributed by atoms with Crippen LogP contribution in [-0.4, -0.2) is 4.98 Å². The number of halogens is 3. The Morgan fingerprint density at radius 1 is 1.40 bits per heavy atom. The maximum absolute atomic E-state index is 12.8. The fraction of sp³-hybridized carbons (Fsp3) is 0.231. The number of thiophene rings is 1. The lowest BCUT2D eigenvalue weighted by molar-refractivity contribution is -0.141. The molecule has 0 aliphatic heterocycles. The molecule has 7 heteroatoms. The maximum Gasteiger partial charge on any atom is 0.431 e. The summed E-state index contributed by atoms with van der Waals surface area (Å²) in [5.41, 5.74) is -0.645. The summed E-state index contributed by atoms with van der Waals surface area (Å²) in [5, 5.41) is 9.10. The van der Waals surface area contributed by atoms with Crippen molar-refractivity contribution in [3.63, 3.8) is 0 Å². The molecule has 2 heterocycles. The first-order chi connectivity index (χ1) is 9.36. The van der Waals surface area contributed by atoms with Gasteiger partial charge in [-0.15, -0.1) is 11.3 Å². The molecule has 104 valence electrons. The van der Waals surface area contributed by atoms with Gasteiger partial charge in [0.1, 0.15) is 16.4 Å². The summed E-state index contributed by atoms with van der Waals surface area (Å²) in [6.45, 7) is 1.96. The summed E-state index contributed by atoms with van der Waals surface area (Å²) < 4.78 is 38.2. The lowest BCUT2D eigenvalue weighted by Gasteiger charge is -2.10. The molecule has 0 atom stereocenters. The Balaban J connectivity index is 2.70. The largest absolute Gasteiger partial charge is 0.431 e. The summed E-state index contributed by atoms with van der Waals surface area (Å²) in [5.74, 6) is 0. The van der Waals surface area contributed by atoms with Crippen LogP contribution in [0.25, 0.3) is 10.4 Å². The van der Waals surface area contributed by atoms with Crippen molar-refractivity contribution in [2.24, 2.45) is 0 Å². The van der Waals surface area contributed by atoms with Gasteiger partial charge in [-0.1, -0.05) is 19.1 Å². The third kappa shape index (κ3) is 2.76. The number of alkyl halides is 3. The Kier molecular flexibility index (Phi) is 3.97. The van der Waals surface area contributed by atoms with E-state index >= 15 is 0 Å². The zero-order valence-corrected chi connectivity index (χ0v) is 12.0. The van der Waals surface area contributed by atoms with Gasteiger partial charge in [0.15, 0.2) is 0 Å². The van der Waals surface area contributed by atoms with Gasteiger partial charge in [-0.25, -0.2) is 0 Å². The third-order valence-corrected chi connectivity index (χ3v) is 4.30. The average Bonchev–Trinajstić information content (AvgIpc) is 2.85. The zero-order valence-electron chi connectivity index (χ0n) is 10.3. The molecule has 0 aromatic carbocycles. The zero-order chi connectivity index (χ0) is 14.9. The van der Waals surface area contributed by atoms with E-state index in [1.54, 1.807) is 6.07 Å². The van der Waals surface area contributed by atoms with Crippen LogP contribution < -0.4 is 0 Å². The van der Waals surface area contributed by atoms with Crippen LogP contribution in [0.15, 0.2) is 18.2 Å². The minimum Gasteiger partial charge on any atom is -0.341 e. The van der Waals surface area contributed by atoms with E-state index in [1.165, 1.54) is 11.3 Å². The summed E-state index contributed by atoms with van der Waals surface area (Å²) >= 11 is 6.22. The molecule has 0 spiro atoms. The number of nitrogens with zero attached hydrogens (tertiary/aromatic N) is 1. The number of nitrogens with one attached hydrogen (secondary N) is 1. The fourth-order valence-corrected chi connectivity index (χ4v) is 2.97. The second-order valence-corrected chi connectivity index (χ2v) is 5.61. The van der Waals surface area contributed by atoms with Gasteiger partial charge in [-0.05, 0) is 24.6 Å². The molecule has 0 amide bonds. The molecule has 0 saturated heterocycles. The van der Waals surface area contributed by atoms with Gasteiger partial charge < -0.3 is 4.98 Å². The Bertz CT molecular complexity index is 735. The van der Waals surface area contributed by atoms with Crippen LogP contribution in [0.4, 0.5) is 13.2 Å². The van der Waals surface area contributed by atoms with Crippen LogP contribution in [0.2, 0.25) is 0 Å². The Morgan fingerprint density at radius 2 is 2.10 bits per heavy atom. The summed E-state index contributed by atoms with van der Waals surface area (Å²) in [6, 6.07) is 6.37. The second-order valence-electron chi connectivity index (χ2n) is 4.03. The van der Waals surface area contributed by atoms with Gasteiger partial charge >= 0.3 is 6.18 Å². The molecule has 20 heavy (non-hydrogen) atoms. The van der Waals surface area contributed by atoms with Crippen LogP contribution >= 0.6 is 23.6 Å². The molecule has 1 N–H and O–H groups in total. The Labute approximate surface area is 122 Å². The Hall–Kier alpha value is -1.65. The molecule has 0 aliphatic rings. The van der Waals surface area contributed by atoms with Crippen molar-refractivity contribution in [1.82, 2.24) is 4.98 Å². The molecule has 2 rings (SSSR count). The number of hydrogen-bond acceptors (Lipinski definition) is 3. The molecular weight excluding hydrogens is 305 g/mol. The number of hydrogen-bond donors (Lipinski definition) is 1. The van der Waals surface area contributed by atoms with Crippen molar-refractivity contribution in [2.45, 2.75) is 19.5 Å². The standard InChI is InChI=1S/C13H9F3N2S2/c1-2-7-3-4-10(20-7)8-5-11(13(14,15)16)18-12(19)9(8)6-17/h3-5H,2H2,1H3,(H,18,19). The van der Waals surface area contributed by atoms with E-state index in [4.69, 9.17) is 17.5 Å². The Morgan fingerprint density at radius 3 is 2.60 bits per heavy atom. The van der Waals surface area contributed by atoms with Gasteiger partial charge in [0.05, 0.1) is 5.56 Å². The first kappa shape index (κ1) is 14.8. The molecule has 0 radical (unpaired) electrons. The van der Waals surface area contributed by atoms with E-state index in [-0.39, 0.29) is 15.8 Å². The first-order valence-corrected chi connectivity index (χ1v) is 6.93. The highest BCUT2D eigenvalue weighted by molar-refractivity contribution is 7.71. The number of aromatic nitrogens is 1. The normalized spacial score (nSPS) is 11.3.